The lowest BCUT2D eigenvalue weighted by Gasteiger charge is -1.72. The zero-order valence-corrected chi connectivity index (χ0v) is 5.04. The van der Waals surface area contributed by atoms with Crippen molar-refractivity contribution in [3.05, 3.63) is 11.9 Å². The average Bonchev–Trinajstić information content (AvgIpc) is 2.14. The van der Waals surface area contributed by atoms with Gasteiger partial charge in [0.05, 0.1) is 29.5 Å². The number of hydrogen-bond donors (Lipinski definition) is 0. The van der Waals surface area contributed by atoms with Gasteiger partial charge >= 0.3 is 0 Å². The molecule has 1 aromatic heterocycles. The summed E-state index contributed by atoms with van der Waals surface area (Å²) in [5.41, 5.74) is 0.853. The van der Waals surface area contributed by atoms with E-state index in [1.54, 1.807) is 6.20 Å². The van der Waals surface area contributed by atoms with Crippen molar-refractivity contribution in [3.63, 3.8) is 0 Å². The SMILES string of the molecule is ClCc1cnsn1. The van der Waals surface area contributed by atoms with Gasteiger partial charge in [-0.1, -0.05) is 0 Å². The second kappa shape index (κ2) is 2.23. The van der Waals surface area contributed by atoms with Gasteiger partial charge in [-0.05, 0) is 0 Å². The lowest BCUT2D eigenvalue weighted by atomic mass is 10.6. The van der Waals surface area contributed by atoms with Crippen LogP contribution in [0.3, 0.4) is 0 Å². The number of halogens is 1. The molecule has 0 fully saturated rings. The maximum absolute atomic E-state index is 5.37. The zero-order chi connectivity index (χ0) is 5.11. The Morgan fingerprint density at radius 2 is 2.71 bits per heavy atom. The van der Waals surface area contributed by atoms with Gasteiger partial charge in [0.2, 0.25) is 0 Å². The first-order valence-corrected chi connectivity index (χ1v) is 3.02. The first-order chi connectivity index (χ1) is 3.43. The molecule has 0 aliphatic carbocycles. The van der Waals surface area contributed by atoms with Crippen LogP contribution in [0.25, 0.3) is 0 Å². The lowest BCUT2D eigenvalue weighted by Crippen LogP contribution is -1.69. The van der Waals surface area contributed by atoms with Crippen LogP contribution in [0, 0.1) is 0 Å². The molecule has 38 valence electrons. The molecule has 0 amide bonds. The van der Waals surface area contributed by atoms with Crippen molar-refractivity contribution in [2.75, 3.05) is 0 Å². The topological polar surface area (TPSA) is 25.8 Å². The van der Waals surface area contributed by atoms with Crippen molar-refractivity contribution in [1.82, 2.24) is 8.75 Å². The smallest absolute Gasteiger partial charge is 0.0890 e. The minimum Gasteiger partial charge on any atom is -0.181 e. The van der Waals surface area contributed by atoms with E-state index in [2.05, 4.69) is 8.75 Å². The standard InChI is InChI=1S/C3H3ClN2S/c4-1-3-2-5-7-6-3/h2H,1H2. The summed E-state index contributed by atoms with van der Waals surface area (Å²) in [5, 5.41) is 0. The number of aromatic nitrogens is 2. The molecule has 0 spiro atoms. The highest BCUT2D eigenvalue weighted by molar-refractivity contribution is 6.99. The third kappa shape index (κ3) is 1.11. The van der Waals surface area contributed by atoms with Crippen molar-refractivity contribution >= 4 is 23.3 Å². The molecule has 0 aromatic carbocycles. The molecular formula is C3H3ClN2S. The fourth-order valence-electron chi connectivity index (χ4n) is 0.243. The molecule has 0 saturated carbocycles. The molecule has 0 aliphatic heterocycles. The monoisotopic (exact) mass is 134 g/mol. The summed E-state index contributed by atoms with van der Waals surface area (Å²) in [6, 6.07) is 0. The number of nitrogens with zero attached hydrogens (tertiary/aromatic N) is 2. The summed E-state index contributed by atoms with van der Waals surface area (Å²) >= 11 is 6.55. The maximum Gasteiger partial charge on any atom is 0.0890 e. The van der Waals surface area contributed by atoms with E-state index >= 15 is 0 Å². The van der Waals surface area contributed by atoms with Gasteiger partial charge in [0, 0.05) is 0 Å². The molecule has 0 saturated heterocycles. The van der Waals surface area contributed by atoms with Gasteiger partial charge < -0.3 is 0 Å². The van der Waals surface area contributed by atoms with Crippen LogP contribution in [0.4, 0.5) is 0 Å². The third-order valence-corrected chi connectivity index (χ3v) is 1.33. The molecule has 4 heteroatoms. The Balaban J connectivity index is 2.76. The Morgan fingerprint density at radius 3 is 3.00 bits per heavy atom. The molecule has 0 N–H and O–H groups in total. The molecule has 0 radical (unpaired) electrons. The fraction of sp³-hybridized carbons (Fsp3) is 0.333. The van der Waals surface area contributed by atoms with E-state index in [-0.39, 0.29) is 0 Å². The van der Waals surface area contributed by atoms with Crippen LogP contribution in [-0.2, 0) is 5.88 Å². The van der Waals surface area contributed by atoms with Crippen LogP contribution in [0.5, 0.6) is 0 Å². The van der Waals surface area contributed by atoms with Gasteiger partial charge in [0.15, 0.2) is 0 Å². The number of alkyl halides is 1. The number of rotatable bonds is 1. The van der Waals surface area contributed by atoms with E-state index in [9.17, 15) is 0 Å². The lowest BCUT2D eigenvalue weighted by molar-refractivity contribution is 1.27. The van der Waals surface area contributed by atoms with E-state index in [4.69, 9.17) is 11.6 Å². The highest BCUT2D eigenvalue weighted by atomic mass is 35.5. The number of hydrogen-bond acceptors (Lipinski definition) is 3. The van der Waals surface area contributed by atoms with Crippen molar-refractivity contribution in [1.29, 1.82) is 0 Å². The zero-order valence-electron chi connectivity index (χ0n) is 3.47. The summed E-state index contributed by atoms with van der Waals surface area (Å²) in [6.45, 7) is 0. The van der Waals surface area contributed by atoms with Gasteiger partial charge in [-0.15, -0.1) is 11.6 Å². The van der Waals surface area contributed by atoms with Gasteiger partial charge in [0.25, 0.3) is 0 Å². The van der Waals surface area contributed by atoms with Crippen LogP contribution in [-0.4, -0.2) is 8.75 Å². The van der Waals surface area contributed by atoms with E-state index in [0.29, 0.717) is 5.88 Å². The molecule has 1 heterocycles. The molecule has 2 nitrogen and oxygen atoms in total. The predicted octanol–water partition coefficient (Wildman–Crippen LogP) is 1.28. The summed E-state index contributed by atoms with van der Waals surface area (Å²) in [5.74, 6) is 0.469. The Hall–Kier alpha value is -0.150. The Labute approximate surface area is 50.5 Å². The molecule has 0 atom stereocenters. The normalized spacial score (nSPS) is 9.29. The maximum atomic E-state index is 5.37. The van der Waals surface area contributed by atoms with Crippen LogP contribution < -0.4 is 0 Å². The second-order valence-electron chi connectivity index (χ2n) is 1.03. The van der Waals surface area contributed by atoms with Crippen LogP contribution in [0.15, 0.2) is 6.20 Å². The average molecular weight is 135 g/mol. The Kier molecular flexibility index (Phi) is 1.59. The van der Waals surface area contributed by atoms with Crippen molar-refractivity contribution < 1.29 is 0 Å². The molecule has 0 unspecified atom stereocenters. The first-order valence-electron chi connectivity index (χ1n) is 1.76. The van der Waals surface area contributed by atoms with Crippen molar-refractivity contribution in [3.8, 4) is 0 Å². The minimum atomic E-state index is 0.469. The largest absolute Gasteiger partial charge is 0.181 e. The summed E-state index contributed by atoms with van der Waals surface area (Å²) in [4.78, 5) is 0. The van der Waals surface area contributed by atoms with Gasteiger partial charge in [-0.3, -0.25) is 0 Å². The predicted molar refractivity (Wildman–Crippen MR) is 29.5 cm³/mol. The summed E-state index contributed by atoms with van der Waals surface area (Å²) < 4.78 is 7.57. The van der Waals surface area contributed by atoms with E-state index < -0.39 is 0 Å². The molecule has 0 bridgehead atoms. The summed E-state index contributed by atoms with van der Waals surface area (Å²) in [7, 11) is 0. The van der Waals surface area contributed by atoms with E-state index in [1.807, 2.05) is 0 Å². The molecule has 1 aromatic rings. The van der Waals surface area contributed by atoms with Crippen molar-refractivity contribution in [2.24, 2.45) is 0 Å². The van der Waals surface area contributed by atoms with Gasteiger partial charge in [0.1, 0.15) is 0 Å². The molecule has 1 rings (SSSR count). The Morgan fingerprint density at radius 1 is 1.86 bits per heavy atom. The molecule has 0 aliphatic rings. The minimum absolute atomic E-state index is 0.469. The summed E-state index contributed by atoms with van der Waals surface area (Å²) in [6.07, 6.45) is 1.66. The second-order valence-corrected chi connectivity index (χ2v) is 1.86. The van der Waals surface area contributed by atoms with Crippen LogP contribution in [0.1, 0.15) is 5.69 Å². The highest BCUT2D eigenvalue weighted by Gasteiger charge is 1.87. The highest BCUT2D eigenvalue weighted by Crippen LogP contribution is 1.97. The van der Waals surface area contributed by atoms with Gasteiger partial charge in [-0.2, -0.15) is 8.75 Å². The first kappa shape index (κ1) is 5.00. The van der Waals surface area contributed by atoms with E-state index in [1.165, 1.54) is 11.7 Å². The van der Waals surface area contributed by atoms with Crippen LogP contribution >= 0.6 is 23.3 Å². The molecule has 7 heavy (non-hydrogen) atoms. The fourth-order valence-corrected chi connectivity index (χ4v) is 0.875. The van der Waals surface area contributed by atoms with Crippen molar-refractivity contribution in [2.45, 2.75) is 5.88 Å². The molecular weight excluding hydrogens is 132 g/mol. The van der Waals surface area contributed by atoms with E-state index in [0.717, 1.165) is 5.69 Å². The van der Waals surface area contributed by atoms with Gasteiger partial charge in [-0.25, -0.2) is 0 Å². The quantitative estimate of drug-likeness (QED) is 0.541. The third-order valence-electron chi connectivity index (χ3n) is 0.544. The van der Waals surface area contributed by atoms with Crippen LogP contribution in [0.2, 0.25) is 0 Å². The Bertz CT molecular complexity index is 127.